The van der Waals surface area contributed by atoms with Crippen molar-refractivity contribution in [2.45, 2.75) is 19.3 Å². The van der Waals surface area contributed by atoms with Crippen LogP contribution in [0.5, 0.6) is 0 Å². The number of hydrogen-bond donors (Lipinski definition) is 2. The van der Waals surface area contributed by atoms with Crippen molar-refractivity contribution in [2.24, 2.45) is 0 Å². The average molecular weight is 392 g/mol. The van der Waals surface area contributed by atoms with Crippen LogP contribution in [-0.4, -0.2) is 59.6 Å². The Bertz CT molecular complexity index is 931. The van der Waals surface area contributed by atoms with Gasteiger partial charge in [0.1, 0.15) is 5.82 Å². The fourth-order valence-corrected chi connectivity index (χ4v) is 3.89. The monoisotopic (exact) mass is 391 g/mol. The first kappa shape index (κ1) is 19.6. The third-order valence-electron chi connectivity index (χ3n) is 5.40. The van der Waals surface area contributed by atoms with Gasteiger partial charge in [-0.15, -0.1) is 0 Å². The highest BCUT2D eigenvalue weighted by atomic mass is 16.1. The number of fused-ring (bicyclic) bond motifs is 1. The Labute approximate surface area is 171 Å². The largest absolute Gasteiger partial charge is 0.356 e. The fourth-order valence-electron chi connectivity index (χ4n) is 3.89. The molecule has 1 aliphatic heterocycles. The second kappa shape index (κ2) is 9.67. The number of carbonyl (C=O) groups excluding carboxylic acids is 1. The summed E-state index contributed by atoms with van der Waals surface area (Å²) in [4.78, 5) is 19.6. The van der Waals surface area contributed by atoms with E-state index in [1.165, 1.54) is 0 Å². The lowest BCUT2D eigenvalue weighted by Crippen LogP contribution is -2.44. The summed E-state index contributed by atoms with van der Waals surface area (Å²) >= 11 is 0. The van der Waals surface area contributed by atoms with Crippen LogP contribution < -0.4 is 10.6 Å². The summed E-state index contributed by atoms with van der Waals surface area (Å²) in [6, 6.07) is 18.3. The van der Waals surface area contributed by atoms with Crippen molar-refractivity contribution in [3.8, 4) is 5.69 Å². The van der Waals surface area contributed by atoms with E-state index in [0.29, 0.717) is 12.8 Å². The highest BCUT2D eigenvalue weighted by Crippen LogP contribution is 2.22. The first-order chi connectivity index (χ1) is 14.3. The molecule has 4 rings (SSSR count). The van der Waals surface area contributed by atoms with Gasteiger partial charge in [-0.05, 0) is 37.2 Å². The standard InChI is InChI=1S/C23H29N5O/c29-23(25-13-6-16-27-17-14-24-15-18-27)12-11-22-26-20-9-4-5-10-21(20)28(22)19-7-2-1-3-8-19/h1-5,7-10,24H,6,11-18H2,(H,25,29). The predicted octanol–water partition coefficient (Wildman–Crippen LogP) is 2.37. The molecule has 0 saturated carbocycles. The van der Waals surface area contributed by atoms with E-state index >= 15 is 0 Å². The summed E-state index contributed by atoms with van der Waals surface area (Å²) in [5.74, 6) is 1.02. The lowest BCUT2D eigenvalue weighted by molar-refractivity contribution is -0.121. The van der Waals surface area contributed by atoms with E-state index in [4.69, 9.17) is 4.98 Å². The molecule has 2 N–H and O–H groups in total. The number of para-hydroxylation sites is 3. The first-order valence-corrected chi connectivity index (χ1v) is 10.5. The molecule has 1 amide bonds. The zero-order valence-electron chi connectivity index (χ0n) is 16.8. The minimum absolute atomic E-state index is 0.0944. The Kier molecular flexibility index (Phi) is 6.54. The van der Waals surface area contributed by atoms with Gasteiger partial charge in [0, 0.05) is 51.3 Å². The number of rotatable bonds is 8. The van der Waals surface area contributed by atoms with Gasteiger partial charge < -0.3 is 15.5 Å². The predicted molar refractivity (Wildman–Crippen MR) is 116 cm³/mol. The molecule has 1 aliphatic rings. The Balaban J connectivity index is 1.34. The van der Waals surface area contributed by atoms with Crippen LogP contribution in [0.15, 0.2) is 54.6 Å². The molecule has 0 bridgehead atoms. The maximum absolute atomic E-state index is 12.4. The van der Waals surface area contributed by atoms with Crippen molar-refractivity contribution in [3.63, 3.8) is 0 Å². The van der Waals surface area contributed by atoms with E-state index in [1.807, 2.05) is 36.4 Å². The molecule has 6 heteroatoms. The molecule has 0 unspecified atom stereocenters. The average Bonchev–Trinajstić information content (AvgIpc) is 3.15. The number of amides is 1. The van der Waals surface area contributed by atoms with E-state index in [1.54, 1.807) is 0 Å². The highest BCUT2D eigenvalue weighted by molar-refractivity contribution is 5.79. The number of piperazine rings is 1. The van der Waals surface area contributed by atoms with E-state index in [-0.39, 0.29) is 5.91 Å². The fraction of sp³-hybridized carbons (Fsp3) is 0.391. The zero-order valence-corrected chi connectivity index (χ0v) is 16.8. The minimum atomic E-state index is 0.0944. The number of imidazole rings is 1. The van der Waals surface area contributed by atoms with Gasteiger partial charge in [0.05, 0.1) is 11.0 Å². The lowest BCUT2D eigenvalue weighted by atomic mass is 10.2. The normalized spacial score (nSPS) is 14.9. The summed E-state index contributed by atoms with van der Waals surface area (Å²) in [7, 11) is 0. The first-order valence-electron chi connectivity index (χ1n) is 10.5. The molecule has 6 nitrogen and oxygen atoms in total. The number of hydrogen-bond acceptors (Lipinski definition) is 4. The van der Waals surface area contributed by atoms with E-state index in [2.05, 4.69) is 38.3 Å². The van der Waals surface area contributed by atoms with Crippen LogP contribution in [0.3, 0.4) is 0 Å². The Morgan fingerprint density at radius 1 is 1.03 bits per heavy atom. The lowest BCUT2D eigenvalue weighted by Gasteiger charge is -2.27. The van der Waals surface area contributed by atoms with Gasteiger partial charge in [-0.3, -0.25) is 9.36 Å². The molecule has 2 aromatic carbocycles. The SMILES string of the molecule is O=C(CCc1nc2ccccc2n1-c1ccccc1)NCCCN1CCNCC1. The van der Waals surface area contributed by atoms with Gasteiger partial charge >= 0.3 is 0 Å². The number of nitrogens with zero attached hydrogens (tertiary/aromatic N) is 3. The number of aryl methyl sites for hydroxylation is 1. The van der Waals surface area contributed by atoms with Gasteiger partial charge in [0.25, 0.3) is 0 Å². The van der Waals surface area contributed by atoms with Crippen molar-refractivity contribution >= 4 is 16.9 Å². The molecule has 1 aromatic heterocycles. The molecule has 0 atom stereocenters. The maximum atomic E-state index is 12.4. The van der Waals surface area contributed by atoms with Crippen LogP contribution in [-0.2, 0) is 11.2 Å². The smallest absolute Gasteiger partial charge is 0.220 e. The third kappa shape index (κ3) is 5.02. The topological polar surface area (TPSA) is 62.2 Å². The van der Waals surface area contributed by atoms with Crippen LogP contribution in [0.1, 0.15) is 18.7 Å². The summed E-state index contributed by atoms with van der Waals surface area (Å²) in [5, 5.41) is 6.43. The number of aromatic nitrogens is 2. The molecular weight excluding hydrogens is 362 g/mol. The van der Waals surface area contributed by atoms with Crippen LogP contribution in [0.2, 0.25) is 0 Å². The summed E-state index contributed by atoms with van der Waals surface area (Å²) < 4.78 is 2.16. The van der Waals surface area contributed by atoms with Crippen molar-refractivity contribution in [3.05, 3.63) is 60.4 Å². The van der Waals surface area contributed by atoms with Crippen molar-refractivity contribution in [1.29, 1.82) is 0 Å². The van der Waals surface area contributed by atoms with E-state index in [9.17, 15) is 4.79 Å². The van der Waals surface area contributed by atoms with Crippen molar-refractivity contribution < 1.29 is 4.79 Å². The van der Waals surface area contributed by atoms with Gasteiger partial charge in [-0.25, -0.2) is 4.98 Å². The number of nitrogens with one attached hydrogen (secondary N) is 2. The highest BCUT2D eigenvalue weighted by Gasteiger charge is 2.14. The minimum Gasteiger partial charge on any atom is -0.356 e. The zero-order chi connectivity index (χ0) is 19.9. The van der Waals surface area contributed by atoms with Crippen LogP contribution in [0.25, 0.3) is 16.7 Å². The van der Waals surface area contributed by atoms with Gasteiger partial charge in [0.2, 0.25) is 5.91 Å². The molecule has 0 aliphatic carbocycles. The maximum Gasteiger partial charge on any atom is 0.220 e. The van der Waals surface area contributed by atoms with Gasteiger partial charge in [-0.1, -0.05) is 30.3 Å². The molecule has 2 heterocycles. The molecule has 1 fully saturated rings. The molecule has 29 heavy (non-hydrogen) atoms. The number of benzene rings is 2. The molecule has 1 saturated heterocycles. The summed E-state index contributed by atoms with van der Waals surface area (Å²) in [6.45, 7) is 6.11. The Morgan fingerprint density at radius 2 is 1.79 bits per heavy atom. The molecule has 0 radical (unpaired) electrons. The van der Waals surface area contributed by atoms with Gasteiger partial charge in [0.15, 0.2) is 0 Å². The van der Waals surface area contributed by atoms with Crippen LogP contribution in [0, 0.1) is 0 Å². The van der Waals surface area contributed by atoms with E-state index < -0.39 is 0 Å². The molecule has 3 aromatic rings. The molecule has 0 spiro atoms. The second-order valence-corrected chi connectivity index (χ2v) is 7.48. The van der Waals surface area contributed by atoms with Crippen molar-refractivity contribution in [2.75, 3.05) is 39.3 Å². The molecule has 152 valence electrons. The van der Waals surface area contributed by atoms with Gasteiger partial charge in [-0.2, -0.15) is 0 Å². The Morgan fingerprint density at radius 3 is 2.62 bits per heavy atom. The quantitative estimate of drug-likeness (QED) is 0.579. The second-order valence-electron chi connectivity index (χ2n) is 7.48. The molecular formula is C23H29N5O. The van der Waals surface area contributed by atoms with E-state index in [0.717, 1.165) is 68.2 Å². The Hall–Kier alpha value is -2.70. The van der Waals surface area contributed by atoms with Crippen LogP contribution >= 0.6 is 0 Å². The summed E-state index contributed by atoms with van der Waals surface area (Å²) in [6.07, 6.45) is 2.06. The summed E-state index contributed by atoms with van der Waals surface area (Å²) in [5.41, 5.74) is 3.11. The van der Waals surface area contributed by atoms with Crippen LogP contribution in [0.4, 0.5) is 0 Å². The third-order valence-corrected chi connectivity index (χ3v) is 5.40. The van der Waals surface area contributed by atoms with Crippen molar-refractivity contribution in [1.82, 2.24) is 25.1 Å². The number of carbonyl (C=O) groups is 1.